The zero-order chi connectivity index (χ0) is 18.3. The quantitative estimate of drug-likeness (QED) is 0.776. The molecule has 0 fully saturated rings. The van der Waals surface area contributed by atoms with Gasteiger partial charge in [0.25, 0.3) is 0 Å². The maximum Gasteiger partial charge on any atom is 0.490 e. The summed E-state index contributed by atoms with van der Waals surface area (Å²) in [7, 11) is 0. The highest BCUT2D eigenvalue weighted by atomic mass is 19.4. The number of benzene rings is 1. The molecule has 0 radical (unpaired) electrons. The van der Waals surface area contributed by atoms with Crippen LogP contribution in [0.5, 0.6) is 0 Å². The van der Waals surface area contributed by atoms with Crippen molar-refractivity contribution in [3.05, 3.63) is 54.1 Å². The number of carbonyl (C=O) groups is 2. The molecule has 2 aromatic rings. The fourth-order valence-electron chi connectivity index (χ4n) is 1.63. The van der Waals surface area contributed by atoms with Gasteiger partial charge in [-0.1, -0.05) is 30.3 Å². The highest BCUT2D eigenvalue weighted by molar-refractivity contribution is 5.73. The Balaban J connectivity index is 0.000000351. The van der Waals surface area contributed by atoms with Crippen LogP contribution >= 0.6 is 0 Å². The molecule has 0 bridgehead atoms. The van der Waals surface area contributed by atoms with Crippen molar-refractivity contribution in [2.24, 2.45) is 0 Å². The average Bonchev–Trinajstić information content (AvgIpc) is 2.94. The number of nitrogens with zero attached hydrogens (tertiary/aromatic N) is 2. The molecule has 0 spiro atoms. The van der Waals surface area contributed by atoms with Crippen LogP contribution in [0.25, 0.3) is 0 Å². The van der Waals surface area contributed by atoms with Crippen LogP contribution in [0.3, 0.4) is 0 Å². The molecular weight excluding hydrogens is 333 g/mol. The molecule has 1 aromatic carbocycles. The van der Waals surface area contributed by atoms with Crippen molar-refractivity contribution in [1.29, 1.82) is 0 Å². The van der Waals surface area contributed by atoms with Crippen LogP contribution in [0.1, 0.15) is 17.5 Å². The van der Waals surface area contributed by atoms with Gasteiger partial charge in [-0.25, -0.2) is 9.78 Å². The molecule has 0 aliphatic heterocycles. The Kier molecular flexibility index (Phi) is 6.48. The molecule has 24 heavy (non-hydrogen) atoms. The number of aromatic nitrogens is 2. The SMILES string of the molecule is O=C(O)C(F)(F)F.O=C(O)Cn1ccnc1C(O)c1ccccc1. The van der Waals surface area contributed by atoms with E-state index in [2.05, 4.69) is 4.98 Å². The van der Waals surface area contributed by atoms with E-state index >= 15 is 0 Å². The largest absolute Gasteiger partial charge is 0.490 e. The number of halogens is 3. The summed E-state index contributed by atoms with van der Waals surface area (Å²) in [5, 5.41) is 26.0. The van der Waals surface area contributed by atoms with Crippen LogP contribution in [0.15, 0.2) is 42.7 Å². The number of rotatable bonds is 4. The first-order valence-corrected chi connectivity index (χ1v) is 6.39. The van der Waals surface area contributed by atoms with Gasteiger partial charge in [0.05, 0.1) is 0 Å². The Morgan fingerprint density at radius 2 is 1.71 bits per heavy atom. The Labute approximate surface area is 133 Å². The molecule has 0 amide bonds. The van der Waals surface area contributed by atoms with Crippen LogP contribution in [-0.4, -0.2) is 43.0 Å². The van der Waals surface area contributed by atoms with E-state index in [0.717, 1.165) is 0 Å². The van der Waals surface area contributed by atoms with Crippen molar-refractivity contribution in [3.8, 4) is 0 Å². The topological polar surface area (TPSA) is 113 Å². The number of aliphatic hydroxyl groups is 1. The molecule has 10 heteroatoms. The number of hydrogen-bond acceptors (Lipinski definition) is 4. The highest BCUT2D eigenvalue weighted by Gasteiger charge is 2.38. The van der Waals surface area contributed by atoms with E-state index in [0.29, 0.717) is 11.4 Å². The Morgan fingerprint density at radius 1 is 1.17 bits per heavy atom. The van der Waals surface area contributed by atoms with Crippen molar-refractivity contribution in [2.75, 3.05) is 0 Å². The lowest BCUT2D eigenvalue weighted by molar-refractivity contribution is -0.192. The van der Waals surface area contributed by atoms with Crippen LogP contribution in [0.2, 0.25) is 0 Å². The average molecular weight is 346 g/mol. The van der Waals surface area contributed by atoms with Gasteiger partial charge in [0.2, 0.25) is 0 Å². The second-order valence-corrected chi connectivity index (χ2v) is 4.42. The third-order valence-electron chi connectivity index (χ3n) is 2.66. The van der Waals surface area contributed by atoms with E-state index in [1.54, 1.807) is 12.1 Å². The van der Waals surface area contributed by atoms with Gasteiger partial charge in [0, 0.05) is 12.4 Å². The number of hydrogen-bond donors (Lipinski definition) is 3. The van der Waals surface area contributed by atoms with E-state index in [1.165, 1.54) is 17.0 Å². The maximum atomic E-state index is 10.6. The summed E-state index contributed by atoms with van der Waals surface area (Å²) in [6.45, 7) is -0.209. The molecule has 1 aromatic heterocycles. The zero-order valence-electron chi connectivity index (χ0n) is 12.0. The normalized spacial score (nSPS) is 12.0. The molecule has 1 unspecified atom stereocenters. The van der Waals surface area contributed by atoms with Crippen molar-refractivity contribution >= 4 is 11.9 Å². The van der Waals surface area contributed by atoms with Gasteiger partial charge in [-0.3, -0.25) is 4.79 Å². The number of carboxylic acids is 2. The van der Waals surface area contributed by atoms with Gasteiger partial charge in [0.1, 0.15) is 18.5 Å². The summed E-state index contributed by atoms with van der Waals surface area (Å²) in [6, 6.07) is 9.00. The molecule has 2 rings (SSSR count). The predicted molar refractivity (Wildman–Crippen MR) is 74.1 cm³/mol. The monoisotopic (exact) mass is 346 g/mol. The first-order valence-electron chi connectivity index (χ1n) is 6.39. The fourth-order valence-corrected chi connectivity index (χ4v) is 1.63. The van der Waals surface area contributed by atoms with Gasteiger partial charge in [-0.15, -0.1) is 0 Å². The van der Waals surface area contributed by atoms with Gasteiger partial charge in [0.15, 0.2) is 0 Å². The number of carboxylic acid groups (broad SMARTS) is 2. The number of alkyl halides is 3. The van der Waals surface area contributed by atoms with Gasteiger partial charge in [-0.2, -0.15) is 13.2 Å². The molecule has 3 N–H and O–H groups in total. The summed E-state index contributed by atoms with van der Waals surface area (Å²) >= 11 is 0. The summed E-state index contributed by atoms with van der Waals surface area (Å²) in [5.74, 6) is -3.39. The van der Waals surface area contributed by atoms with E-state index in [9.17, 15) is 23.1 Å². The summed E-state index contributed by atoms with van der Waals surface area (Å²) in [4.78, 5) is 23.5. The van der Waals surface area contributed by atoms with Gasteiger partial charge >= 0.3 is 18.1 Å². The number of aliphatic carboxylic acids is 2. The Morgan fingerprint density at radius 3 is 2.17 bits per heavy atom. The van der Waals surface area contributed by atoms with Crippen LogP contribution in [0.4, 0.5) is 13.2 Å². The summed E-state index contributed by atoms with van der Waals surface area (Å²) in [6.07, 6.45) is -2.98. The second kappa shape index (κ2) is 8.11. The highest BCUT2D eigenvalue weighted by Crippen LogP contribution is 2.19. The predicted octanol–water partition coefficient (Wildman–Crippen LogP) is 1.68. The minimum atomic E-state index is -5.08. The maximum absolute atomic E-state index is 10.6. The van der Waals surface area contributed by atoms with E-state index in [4.69, 9.17) is 15.0 Å². The molecule has 0 aliphatic carbocycles. The first kappa shape index (κ1) is 19.2. The van der Waals surface area contributed by atoms with Crippen LogP contribution in [0, 0.1) is 0 Å². The third kappa shape index (κ3) is 5.72. The summed E-state index contributed by atoms with van der Waals surface area (Å²) in [5.41, 5.74) is 0.685. The fraction of sp³-hybridized carbons (Fsp3) is 0.214. The second-order valence-electron chi connectivity index (χ2n) is 4.42. The van der Waals surface area contributed by atoms with Gasteiger partial charge < -0.3 is 19.9 Å². The molecule has 0 saturated heterocycles. The molecule has 130 valence electrons. The molecular formula is C14H13F3N2O5. The van der Waals surface area contributed by atoms with E-state index in [-0.39, 0.29) is 6.54 Å². The standard InChI is InChI=1S/C12H12N2O3.C2HF3O2/c15-10(16)8-14-7-6-13-12(14)11(17)9-4-2-1-3-5-9;3-2(4,5)1(6)7/h1-7,11,17H,8H2,(H,15,16);(H,6,7). The van der Waals surface area contributed by atoms with Gasteiger partial charge in [-0.05, 0) is 5.56 Å². The lowest BCUT2D eigenvalue weighted by Crippen LogP contribution is -2.21. The van der Waals surface area contributed by atoms with Crippen molar-refractivity contribution in [1.82, 2.24) is 9.55 Å². The Hall–Kier alpha value is -2.88. The van der Waals surface area contributed by atoms with Crippen LogP contribution in [-0.2, 0) is 16.1 Å². The smallest absolute Gasteiger partial charge is 0.480 e. The molecule has 7 nitrogen and oxygen atoms in total. The lowest BCUT2D eigenvalue weighted by atomic mass is 10.1. The van der Waals surface area contributed by atoms with E-state index in [1.807, 2.05) is 18.2 Å². The van der Waals surface area contributed by atoms with Crippen LogP contribution < -0.4 is 0 Å². The minimum absolute atomic E-state index is 0.209. The zero-order valence-corrected chi connectivity index (χ0v) is 12.0. The van der Waals surface area contributed by atoms with E-state index < -0.39 is 24.2 Å². The first-order chi connectivity index (χ1) is 11.1. The number of aliphatic hydroxyl groups excluding tert-OH is 1. The minimum Gasteiger partial charge on any atom is -0.480 e. The molecule has 0 aliphatic rings. The number of imidazole rings is 1. The van der Waals surface area contributed by atoms with Crippen molar-refractivity contribution in [2.45, 2.75) is 18.8 Å². The Bertz CT molecular complexity index is 685. The third-order valence-corrected chi connectivity index (χ3v) is 2.66. The summed E-state index contributed by atoms with van der Waals surface area (Å²) < 4.78 is 33.2. The molecule has 1 heterocycles. The molecule has 0 saturated carbocycles. The van der Waals surface area contributed by atoms with Crippen molar-refractivity contribution < 1.29 is 38.1 Å². The van der Waals surface area contributed by atoms with Crippen molar-refractivity contribution in [3.63, 3.8) is 0 Å². The molecule has 1 atom stereocenters. The lowest BCUT2D eigenvalue weighted by Gasteiger charge is -2.12.